The summed E-state index contributed by atoms with van der Waals surface area (Å²) in [5.74, 6) is -0.387. The Hall–Kier alpha value is -1.94. The molecule has 0 amide bonds. The fraction of sp³-hybridized carbons (Fsp3) is 0.235. The van der Waals surface area contributed by atoms with Gasteiger partial charge in [0, 0.05) is 4.90 Å². The zero-order valence-electron chi connectivity index (χ0n) is 11.9. The van der Waals surface area contributed by atoms with Gasteiger partial charge in [0.1, 0.15) is 0 Å². The molecule has 110 valence electrons. The summed E-state index contributed by atoms with van der Waals surface area (Å²) in [5, 5.41) is 8.72. The van der Waals surface area contributed by atoms with Crippen LogP contribution in [0.5, 0.6) is 0 Å². The van der Waals surface area contributed by atoms with Crippen LogP contribution in [0.1, 0.15) is 23.6 Å². The predicted molar refractivity (Wildman–Crippen MR) is 83.7 cm³/mol. The minimum atomic E-state index is -1.11. The molecule has 2 aromatic carbocycles. The minimum Gasteiger partial charge on any atom is -0.481 e. The average Bonchev–Trinajstić information content (AvgIpc) is 2.48. The van der Waals surface area contributed by atoms with Crippen molar-refractivity contribution in [2.75, 3.05) is 0 Å². The van der Waals surface area contributed by atoms with Gasteiger partial charge in [0.15, 0.2) is 0 Å². The molecule has 0 saturated carbocycles. The number of hydrogen-bond donors (Lipinski definition) is 1. The number of carbonyl (C=O) groups is 1. The predicted octanol–water partition coefficient (Wildman–Crippen LogP) is 3.18. The van der Waals surface area contributed by atoms with Crippen molar-refractivity contribution in [1.82, 2.24) is 0 Å². The van der Waals surface area contributed by atoms with Gasteiger partial charge in [-0.05, 0) is 35.2 Å². The largest absolute Gasteiger partial charge is 0.481 e. The van der Waals surface area contributed by atoms with Crippen molar-refractivity contribution in [1.29, 1.82) is 0 Å². The van der Waals surface area contributed by atoms with E-state index in [-0.39, 0.29) is 6.42 Å². The lowest BCUT2D eigenvalue weighted by molar-refractivity contribution is -0.136. The Bertz CT molecular complexity index is 630. The second-order valence-corrected chi connectivity index (χ2v) is 6.33. The maximum atomic E-state index is 12.3. The topological polar surface area (TPSA) is 54.4 Å². The van der Waals surface area contributed by atoms with E-state index in [1.807, 2.05) is 12.1 Å². The van der Waals surface area contributed by atoms with E-state index in [1.54, 1.807) is 24.3 Å². The first-order valence-corrected chi connectivity index (χ1v) is 8.17. The third-order valence-electron chi connectivity index (χ3n) is 3.27. The first kappa shape index (κ1) is 15.4. The van der Waals surface area contributed by atoms with E-state index in [4.69, 9.17) is 5.11 Å². The standard InChI is InChI=1S/C17H18O3S/c1-2-13-3-5-15(6-4-13)12-21(20)16-9-7-14(8-10-16)11-17(18)19/h3-10H,2,11-12H2,1H3,(H,18,19). The highest BCUT2D eigenvalue weighted by atomic mass is 32.2. The Balaban J connectivity index is 2.03. The number of hydrogen-bond acceptors (Lipinski definition) is 2. The lowest BCUT2D eigenvalue weighted by Crippen LogP contribution is -2.01. The van der Waals surface area contributed by atoms with Crippen molar-refractivity contribution in [2.45, 2.75) is 30.4 Å². The van der Waals surface area contributed by atoms with Crippen molar-refractivity contribution < 1.29 is 14.1 Å². The number of rotatable bonds is 6. The molecule has 0 saturated heterocycles. The molecule has 0 aliphatic heterocycles. The molecule has 0 radical (unpaired) electrons. The molecule has 3 nitrogen and oxygen atoms in total. The van der Waals surface area contributed by atoms with E-state index in [1.165, 1.54) is 5.56 Å². The summed E-state index contributed by atoms with van der Waals surface area (Å²) in [5.41, 5.74) is 3.03. The maximum absolute atomic E-state index is 12.3. The third kappa shape index (κ3) is 4.53. The molecular weight excluding hydrogens is 284 g/mol. The van der Waals surface area contributed by atoms with Crippen molar-refractivity contribution in [3.63, 3.8) is 0 Å². The molecule has 0 aliphatic rings. The first-order chi connectivity index (χ1) is 10.1. The van der Waals surface area contributed by atoms with Gasteiger partial charge in [0.05, 0.1) is 23.0 Å². The molecule has 1 atom stereocenters. The van der Waals surface area contributed by atoms with E-state index >= 15 is 0 Å². The van der Waals surface area contributed by atoms with E-state index in [0.29, 0.717) is 5.75 Å². The zero-order valence-corrected chi connectivity index (χ0v) is 12.7. The Morgan fingerprint density at radius 2 is 1.48 bits per heavy atom. The van der Waals surface area contributed by atoms with Crippen LogP contribution in [0.4, 0.5) is 0 Å². The Morgan fingerprint density at radius 3 is 2.00 bits per heavy atom. The van der Waals surface area contributed by atoms with E-state index < -0.39 is 16.8 Å². The summed E-state index contributed by atoms with van der Waals surface area (Å²) in [6.07, 6.45) is 0.986. The molecule has 0 aliphatic carbocycles. The quantitative estimate of drug-likeness (QED) is 0.891. The molecule has 1 N–H and O–H groups in total. The van der Waals surface area contributed by atoms with E-state index in [9.17, 15) is 9.00 Å². The van der Waals surface area contributed by atoms with Gasteiger partial charge in [-0.25, -0.2) is 0 Å². The van der Waals surface area contributed by atoms with Crippen LogP contribution in [0.25, 0.3) is 0 Å². The summed E-state index contributed by atoms with van der Waals surface area (Å²) < 4.78 is 12.3. The van der Waals surface area contributed by atoms with Crippen LogP contribution in [0.3, 0.4) is 0 Å². The zero-order chi connectivity index (χ0) is 15.2. The van der Waals surface area contributed by atoms with Crippen molar-refractivity contribution in [3.8, 4) is 0 Å². The van der Waals surface area contributed by atoms with Crippen LogP contribution in [-0.2, 0) is 34.2 Å². The van der Waals surface area contributed by atoms with E-state index in [2.05, 4.69) is 19.1 Å². The highest BCUT2D eigenvalue weighted by molar-refractivity contribution is 7.84. The van der Waals surface area contributed by atoms with Crippen LogP contribution in [0, 0.1) is 0 Å². The van der Waals surface area contributed by atoms with Gasteiger partial charge in [0.2, 0.25) is 0 Å². The molecule has 2 rings (SSSR count). The van der Waals surface area contributed by atoms with Gasteiger partial charge in [-0.2, -0.15) is 0 Å². The molecule has 2 aromatic rings. The lowest BCUT2D eigenvalue weighted by atomic mass is 10.1. The molecule has 0 heterocycles. The number of aryl methyl sites for hydroxylation is 1. The molecule has 21 heavy (non-hydrogen) atoms. The maximum Gasteiger partial charge on any atom is 0.307 e. The molecule has 4 heteroatoms. The molecular formula is C17H18O3S. The van der Waals surface area contributed by atoms with Crippen molar-refractivity contribution >= 4 is 16.8 Å². The molecule has 1 unspecified atom stereocenters. The first-order valence-electron chi connectivity index (χ1n) is 6.85. The van der Waals surface area contributed by atoms with Gasteiger partial charge in [-0.1, -0.05) is 43.3 Å². The summed E-state index contributed by atoms with van der Waals surface area (Å²) in [4.78, 5) is 11.3. The van der Waals surface area contributed by atoms with Crippen LogP contribution in [0.2, 0.25) is 0 Å². The van der Waals surface area contributed by atoms with E-state index in [0.717, 1.165) is 22.4 Å². The van der Waals surface area contributed by atoms with Crippen LogP contribution >= 0.6 is 0 Å². The number of benzene rings is 2. The van der Waals surface area contributed by atoms with Gasteiger partial charge < -0.3 is 5.11 Å². The van der Waals surface area contributed by atoms with Crippen LogP contribution < -0.4 is 0 Å². The lowest BCUT2D eigenvalue weighted by Gasteiger charge is -2.05. The fourth-order valence-corrected chi connectivity index (χ4v) is 3.14. The second kappa shape index (κ2) is 7.18. The average molecular weight is 302 g/mol. The Kier molecular flexibility index (Phi) is 5.28. The number of carboxylic acid groups (broad SMARTS) is 1. The fourth-order valence-electron chi connectivity index (χ4n) is 2.04. The van der Waals surface area contributed by atoms with Crippen molar-refractivity contribution in [2.24, 2.45) is 0 Å². The SMILES string of the molecule is CCc1ccc(CS(=O)c2ccc(CC(=O)O)cc2)cc1. The second-order valence-electron chi connectivity index (χ2n) is 4.87. The number of carboxylic acids is 1. The normalized spacial score (nSPS) is 12.0. The monoisotopic (exact) mass is 302 g/mol. The molecule has 0 aromatic heterocycles. The van der Waals surface area contributed by atoms with Crippen LogP contribution in [0.15, 0.2) is 53.4 Å². The van der Waals surface area contributed by atoms with Gasteiger partial charge in [0.25, 0.3) is 0 Å². The smallest absolute Gasteiger partial charge is 0.307 e. The van der Waals surface area contributed by atoms with Gasteiger partial charge >= 0.3 is 5.97 Å². The van der Waals surface area contributed by atoms with Crippen LogP contribution in [-0.4, -0.2) is 15.3 Å². The van der Waals surface area contributed by atoms with Gasteiger partial charge in [-0.3, -0.25) is 9.00 Å². The summed E-state index contributed by atoms with van der Waals surface area (Å²) in [6, 6.07) is 15.1. The summed E-state index contributed by atoms with van der Waals surface area (Å²) in [6.45, 7) is 2.10. The Labute approximate surface area is 127 Å². The van der Waals surface area contributed by atoms with Gasteiger partial charge in [-0.15, -0.1) is 0 Å². The summed E-state index contributed by atoms with van der Waals surface area (Å²) >= 11 is 0. The highest BCUT2D eigenvalue weighted by Gasteiger charge is 2.06. The Morgan fingerprint density at radius 1 is 0.952 bits per heavy atom. The number of aliphatic carboxylic acids is 1. The molecule has 0 spiro atoms. The molecule has 0 bridgehead atoms. The highest BCUT2D eigenvalue weighted by Crippen LogP contribution is 2.15. The molecule has 0 fully saturated rings. The third-order valence-corrected chi connectivity index (χ3v) is 4.66. The summed E-state index contributed by atoms with van der Waals surface area (Å²) in [7, 11) is -1.11. The minimum absolute atomic E-state index is 0.00854. The van der Waals surface area contributed by atoms with Crippen molar-refractivity contribution in [3.05, 3.63) is 65.2 Å².